The van der Waals surface area contributed by atoms with Gasteiger partial charge in [-0.1, -0.05) is 20.8 Å². The minimum Gasteiger partial charge on any atom is -0.368 e. The van der Waals surface area contributed by atoms with Crippen LogP contribution in [0.2, 0.25) is 0 Å². The molecule has 0 aromatic carbocycles. The molecule has 4 heteroatoms. The number of ether oxygens (including phenoxy) is 1. The Hall–Kier alpha value is -0.450. The molecule has 0 bridgehead atoms. The van der Waals surface area contributed by atoms with Crippen molar-refractivity contribution in [2.24, 2.45) is 5.41 Å². The Bertz CT molecular complexity index is 503. The molecule has 1 aromatic heterocycles. The highest BCUT2D eigenvalue weighted by molar-refractivity contribution is 7.12. The van der Waals surface area contributed by atoms with Crippen molar-refractivity contribution in [2.45, 2.75) is 71.4 Å². The van der Waals surface area contributed by atoms with Crippen LogP contribution in [0.1, 0.15) is 75.0 Å². The molecule has 2 heterocycles. The molecule has 0 spiro atoms. The fourth-order valence-corrected chi connectivity index (χ4v) is 4.96. The van der Waals surface area contributed by atoms with E-state index in [2.05, 4.69) is 33.0 Å². The molecule has 2 unspecified atom stereocenters. The van der Waals surface area contributed by atoms with E-state index in [1.54, 1.807) is 0 Å². The maximum atomic E-state index is 6.10. The summed E-state index contributed by atoms with van der Waals surface area (Å²) in [4.78, 5) is 6.49. The number of hydrogen-bond acceptors (Lipinski definition) is 4. The third-order valence-corrected chi connectivity index (χ3v) is 6.27. The van der Waals surface area contributed by atoms with E-state index < -0.39 is 0 Å². The predicted molar refractivity (Wildman–Crippen MR) is 87.8 cm³/mol. The molecule has 1 aliphatic carbocycles. The molecular formula is C17H28N2OS. The largest absolute Gasteiger partial charge is 0.368 e. The summed E-state index contributed by atoms with van der Waals surface area (Å²) in [5.41, 5.74) is 1.49. The van der Waals surface area contributed by atoms with E-state index in [-0.39, 0.29) is 5.60 Å². The van der Waals surface area contributed by atoms with Crippen molar-refractivity contribution in [1.29, 1.82) is 0 Å². The van der Waals surface area contributed by atoms with Gasteiger partial charge in [-0.15, -0.1) is 11.3 Å². The zero-order valence-electron chi connectivity index (χ0n) is 13.8. The Morgan fingerprint density at radius 1 is 1.33 bits per heavy atom. The van der Waals surface area contributed by atoms with Crippen molar-refractivity contribution in [3.05, 3.63) is 15.6 Å². The standard InChI is InChI=1S/C17H28N2OS/c1-5-18-12-10-16(2,3)11-13-14(12)21-15(19-13)17(4)8-6-7-9-20-17/h12,18H,5-11H2,1-4H3. The van der Waals surface area contributed by atoms with Crippen LogP contribution in [0.15, 0.2) is 0 Å². The van der Waals surface area contributed by atoms with Gasteiger partial charge in [-0.25, -0.2) is 4.98 Å². The Labute approximate surface area is 132 Å². The molecule has 0 saturated carbocycles. The van der Waals surface area contributed by atoms with Crippen LogP contribution in [0.25, 0.3) is 0 Å². The maximum Gasteiger partial charge on any atom is 0.125 e. The van der Waals surface area contributed by atoms with Crippen molar-refractivity contribution in [3.8, 4) is 0 Å². The fourth-order valence-electron chi connectivity index (χ4n) is 3.67. The second-order valence-electron chi connectivity index (χ2n) is 7.52. The fraction of sp³-hybridized carbons (Fsp3) is 0.824. The summed E-state index contributed by atoms with van der Waals surface area (Å²) in [7, 11) is 0. The van der Waals surface area contributed by atoms with E-state index in [1.807, 2.05) is 11.3 Å². The third-order valence-electron chi connectivity index (χ3n) is 4.82. The van der Waals surface area contributed by atoms with Gasteiger partial charge in [0, 0.05) is 17.5 Å². The van der Waals surface area contributed by atoms with Gasteiger partial charge >= 0.3 is 0 Å². The SMILES string of the molecule is CCNC1CC(C)(C)Cc2nc(C3(C)CCCCO3)sc21. The Kier molecular flexibility index (Phi) is 4.15. The molecule has 118 valence electrons. The lowest BCUT2D eigenvalue weighted by atomic mass is 9.76. The van der Waals surface area contributed by atoms with Crippen LogP contribution in [-0.4, -0.2) is 18.1 Å². The topological polar surface area (TPSA) is 34.2 Å². The zero-order valence-corrected chi connectivity index (χ0v) is 14.6. The molecule has 0 radical (unpaired) electrons. The van der Waals surface area contributed by atoms with Gasteiger partial charge in [0.1, 0.15) is 10.6 Å². The molecule has 21 heavy (non-hydrogen) atoms. The van der Waals surface area contributed by atoms with E-state index in [1.165, 1.54) is 34.8 Å². The first-order chi connectivity index (χ1) is 9.93. The molecule has 3 nitrogen and oxygen atoms in total. The smallest absolute Gasteiger partial charge is 0.125 e. The second kappa shape index (κ2) is 5.64. The average Bonchev–Trinajstić information content (AvgIpc) is 2.83. The van der Waals surface area contributed by atoms with Gasteiger partial charge < -0.3 is 10.1 Å². The van der Waals surface area contributed by atoms with E-state index >= 15 is 0 Å². The zero-order chi connectivity index (χ0) is 15.1. The number of rotatable bonds is 3. The minimum absolute atomic E-state index is 0.152. The summed E-state index contributed by atoms with van der Waals surface area (Å²) in [6, 6.07) is 0.465. The quantitative estimate of drug-likeness (QED) is 0.909. The van der Waals surface area contributed by atoms with Crippen molar-refractivity contribution in [1.82, 2.24) is 10.3 Å². The first-order valence-electron chi connectivity index (χ1n) is 8.31. The van der Waals surface area contributed by atoms with E-state index in [0.717, 1.165) is 26.0 Å². The van der Waals surface area contributed by atoms with Crippen LogP contribution < -0.4 is 5.32 Å². The molecule has 1 fully saturated rings. The van der Waals surface area contributed by atoms with Gasteiger partial charge in [0.05, 0.1) is 5.69 Å². The molecule has 3 rings (SSSR count). The van der Waals surface area contributed by atoms with E-state index in [4.69, 9.17) is 9.72 Å². The molecular weight excluding hydrogens is 280 g/mol. The summed E-state index contributed by atoms with van der Waals surface area (Å²) in [5, 5.41) is 4.86. The van der Waals surface area contributed by atoms with Crippen LogP contribution in [0.4, 0.5) is 0 Å². The van der Waals surface area contributed by atoms with Crippen molar-refractivity contribution in [2.75, 3.05) is 13.2 Å². The lowest BCUT2D eigenvalue weighted by Gasteiger charge is -2.34. The summed E-state index contributed by atoms with van der Waals surface area (Å²) in [5.74, 6) is 0. The third kappa shape index (κ3) is 3.03. The Balaban J connectivity index is 1.93. The van der Waals surface area contributed by atoms with Gasteiger partial charge in [-0.2, -0.15) is 0 Å². The lowest BCUT2D eigenvalue weighted by Crippen LogP contribution is -2.32. The van der Waals surface area contributed by atoms with Crippen LogP contribution in [-0.2, 0) is 16.8 Å². The number of fused-ring (bicyclic) bond motifs is 1. The van der Waals surface area contributed by atoms with Gasteiger partial charge in [0.15, 0.2) is 0 Å². The van der Waals surface area contributed by atoms with Crippen LogP contribution >= 0.6 is 11.3 Å². The lowest BCUT2D eigenvalue weighted by molar-refractivity contribution is -0.0703. The molecule has 1 aliphatic heterocycles. The highest BCUT2D eigenvalue weighted by Gasteiger charge is 2.39. The molecule has 1 saturated heterocycles. The number of nitrogens with one attached hydrogen (secondary N) is 1. The minimum atomic E-state index is -0.152. The van der Waals surface area contributed by atoms with Gasteiger partial charge in [0.2, 0.25) is 0 Å². The van der Waals surface area contributed by atoms with E-state index in [0.29, 0.717) is 11.5 Å². The summed E-state index contributed by atoms with van der Waals surface area (Å²) >= 11 is 1.89. The second-order valence-corrected chi connectivity index (χ2v) is 8.55. The van der Waals surface area contributed by atoms with Crippen molar-refractivity contribution >= 4 is 11.3 Å². The van der Waals surface area contributed by atoms with Gasteiger partial charge in [-0.3, -0.25) is 0 Å². The molecule has 1 N–H and O–H groups in total. The first kappa shape index (κ1) is 15.4. The summed E-state index contributed by atoms with van der Waals surface area (Å²) in [6.07, 6.45) is 5.84. The number of nitrogens with zero attached hydrogens (tertiary/aromatic N) is 1. The highest BCUT2D eigenvalue weighted by atomic mass is 32.1. The normalized spacial score (nSPS) is 31.9. The van der Waals surface area contributed by atoms with Gasteiger partial charge in [-0.05, 0) is 51.0 Å². The number of hydrogen-bond donors (Lipinski definition) is 1. The van der Waals surface area contributed by atoms with Crippen molar-refractivity contribution < 1.29 is 4.74 Å². The first-order valence-corrected chi connectivity index (χ1v) is 9.13. The van der Waals surface area contributed by atoms with E-state index in [9.17, 15) is 0 Å². The summed E-state index contributed by atoms with van der Waals surface area (Å²) in [6.45, 7) is 11.0. The molecule has 2 aliphatic rings. The average molecular weight is 308 g/mol. The predicted octanol–water partition coefficient (Wildman–Crippen LogP) is 4.18. The molecule has 0 amide bonds. The highest BCUT2D eigenvalue weighted by Crippen LogP contribution is 2.46. The maximum absolute atomic E-state index is 6.10. The summed E-state index contributed by atoms with van der Waals surface area (Å²) < 4.78 is 6.10. The van der Waals surface area contributed by atoms with Crippen LogP contribution in [0.3, 0.4) is 0 Å². The number of thiazole rings is 1. The van der Waals surface area contributed by atoms with Crippen LogP contribution in [0, 0.1) is 5.41 Å². The molecule has 2 atom stereocenters. The van der Waals surface area contributed by atoms with Crippen LogP contribution in [0.5, 0.6) is 0 Å². The van der Waals surface area contributed by atoms with Crippen molar-refractivity contribution in [3.63, 3.8) is 0 Å². The Morgan fingerprint density at radius 2 is 2.14 bits per heavy atom. The van der Waals surface area contributed by atoms with Gasteiger partial charge in [0.25, 0.3) is 0 Å². The molecule has 1 aromatic rings. The Morgan fingerprint density at radius 3 is 2.81 bits per heavy atom. The number of aromatic nitrogens is 1. The monoisotopic (exact) mass is 308 g/mol.